The Hall–Kier alpha value is -1.69. The summed E-state index contributed by atoms with van der Waals surface area (Å²) in [7, 11) is 0. The Morgan fingerprint density at radius 1 is 0.917 bits per heavy atom. The third kappa shape index (κ3) is 2.48. The SMILES string of the molecule is O=C1[C@@H]2CS[C@H](c3ccc(Cl)cc3)N2C(=O)N1c1ccc(Cl)cc1. The summed E-state index contributed by atoms with van der Waals surface area (Å²) in [6.45, 7) is 0. The molecule has 0 spiro atoms. The maximum Gasteiger partial charge on any atom is 0.333 e. The molecule has 7 heteroatoms. The highest BCUT2D eigenvalue weighted by Crippen LogP contribution is 2.46. The lowest BCUT2D eigenvalue weighted by Gasteiger charge is -2.23. The normalized spacial score (nSPS) is 23.1. The molecule has 2 fully saturated rings. The zero-order valence-electron chi connectivity index (χ0n) is 12.4. The molecule has 2 saturated heterocycles. The zero-order valence-corrected chi connectivity index (χ0v) is 14.7. The second-order valence-corrected chi connectivity index (χ2v) is 7.58. The lowest BCUT2D eigenvalue weighted by atomic mass is 10.2. The first kappa shape index (κ1) is 15.8. The van der Waals surface area contributed by atoms with E-state index in [1.807, 2.05) is 12.1 Å². The highest BCUT2D eigenvalue weighted by atomic mass is 35.5. The minimum absolute atomic E-state index is 0.180. The number of rotatable bonds is 2. The van der Waals surface area contributed by atoms with E-state index in [0.29, 0.717) is 21.5 Å². The van der Waals surface area contributed by atoms with Crippen LogP contribution in [-0.2, 0) is 4.79 Å². The van der Waals surface area contributed by atoms with Crippen LogP contribution in [0, 0.1) is 0 Å². The lowest BCUT2D eigenvalue weighted by Crippen LogP contribution is -2.33. The summed E-state index contributed by atoms with van der Waals surface area (Å²) < 4.78 is 0. The minimum Gasteiger partial charge on any atom is -0.295 e. The summed E-state index contributed by atoms with van der Waals surface area (Å²) in [5.74, 6) is 0.397. The number of amides is 3. The van der Waals surface area contributed by atoms with E-state index in [2.05, 4.69) is 0 Å². The second-order valence-electron chi connectivity index (χ2n) is 5.59. The topological polar surface area (TPSA) is 40.6 Å². The van der Waals surface area contributed by atoms with Gasteiger partial charge in [0, 0.05) is 15.8 Å². The summed E-state index contributed by atoms with van der Waals surface area (Å²) in [6.07, 6.45) is 0. The van der Waals surface area contributed by atoms with Gasteiger partial charge in [0.2, 0.25) is 0 Å². The van der Waals surface area contributed by atoms with Gasteiger partial charge in [0.25, 0.3) is 5.91 Å². The van der Waals surface area contributed by atoms with Gasteiger partial charge in [-0.3, -0.25) is 9.69 Å². The largest absolute Gasteiger partial charge is 0.333 e. The number of imide groups is 1. The number of thioether (sulfide) groups is 1. The Balaban J connectivity index is 1.67. The molecule has 0 aromatic heterocycles. The molecule has 4 rings (SSSR count). The van der Waals surface area contributed by atoms with Crippen molar-refractivity contribution in [2.45, 2.75) is 11.4 Å². The number of nitrogens with zero attached hydrogens (tertiary/aromatic N) is 2. The van der Waals surface area contributed by atoms with E-state index in [-0.39, 0.29) is 17.3 Å². The van der Waals surface area contributed by atoms with E-state index in [1.165, 1.54) is 4.90 Å². The number of carbonyl (C=O) groups is 2. The Morgan fingerprint density at radius 3 is 2.12 bits per heavy atom. The molecule has 2 aromatic carbocycles. The van der Waals surface area contributed by atoms with E-state index >= 15 is 0 Å². The first-order chi connectivity index (χ1) is 11.6. The molecule has 0 N–H and O–H groups in total. The van der Waals surface area contributed by atoms with Gasteiger partial charge in [-0.05, 0) is 42.0 Å². The van der Waals surface area contributed by atoms with Crippen molar-refractivity contribution in [1.82, 2.24) is 4.90 Å². The molecule has 2 aliphatic rings. The van der Waals surface area contributed by atoms with Crippen LogP contribution in [0.1, 0.15) is 10.9 Å². The maximum absolute atomic E-state index is 12.9. The van der Waals surface area contributed by atoms with Crippen LogP contribution >= 0.6 is 35.0 Å². The highest BCUT2D eigenvalue weighted by molar-refractivity contribution is 7.99. The molecule has 4 nitrogen and oxygen atoms in total. The molecule has 2 heterocycles. The molecule has 2 atom stereocenters. The quantitative estimate of drug-likeness (QED) is 0.718. The molecule has 0 aliphatic carbocycles. The van der Waals surface area contributed by atoms with Crippen molar-refractivity contribution < 1.29 is 9.59 Å². The first-order valence-corrected chi connectivity index (χ1v) is 9.15. The Labute approximate surface area is 153 Å². The van der Waals surface area contributed by atoms with Crippen molar-refractivity contribution >= 4 is 52.6 Å². The number of urea groups is 1. The van der Waals surface area contributed by atoms with Gasteiger partial charge in [-0.15, -0.1) is 11.8 Å². The number of hydrogen-bond acceptors (Lipinski definition) is 3. The van der Waals surface area contributed by atoms with Gasteiger partial charge in [-0.25, -0.2) is 9.69 Å². The molecule has 2 aliphatic heterocycles. The van der Waals surface area contributed by atoms with Gasteiger partial charge in [-0.1, -0.05) is 35.3 Å². The number of carbonyl (C=O) groups excluding carboxylic acids is 2. The van der Waals surface area contributed by atoms with E-state index in [1.54, 1.807) is 53.1 Å². The van der Waals surface area contributed by atoms with Crippen molar-refractivity contribution in [2.24, 2.45) is 0 Å². The van der Waals surface area contributed by atoms with Crippen molar-refractivity contribution in [3.8, 4) is 0 Å². The van der Waals surface area contributed by atoms with Crippen LogP contribution in [-0.4, -0.2) is 28.6 Å². The minimum atomic E-state index is -0.432. The molecule has 24 heavy (non-hydrogen) atoms. The number of fused-ring (bicyclic) bond motifs is 1. The van der Waals surface area contributed by atoms with Gasteiger partial charge < -0.3 is 0 Å². The van der Waals surface area contributed by atoms with Gasteiger partial charge in [0.05, 0.1) is 5.69 Å². The molecule has 0 saturated carbocycles. The van der Waals surface area contributed by atoms with E-state index < -0.39 is 6.04 Å². The third-order valence-electron chi connectivity index (χ3n) is 4.16. The van der Waals surface area contributed by atoms with Crippen LogP contribution in [0.15, 0.2) is 48.5 Å². The predicted molar refractivity (Wildman–Crippen MR) is 96.6 cm³/mol. The Bertz CT molecular complexity index is 810. The number of halogens is 2. The Morgan fingerprint density at radius 2 is 1.50 bits per heavy atom. The molecule has 0 bridgehead atoms. The summed E-state index contributed by atoms with van der Waals surface area (Å²) >= 11 is 13.4. The second kappa shape index (κ2) is 5.99. The zero-order chi connectivity index (χ0) is 16.8. The van der Waals surface area contributed by atoms with Crippen LogP contribution in [0.5, 0.6) is 0 Å². The summed E-state index contributed by atoms with van der Waals surface area (Å²) in [5.41, 5.74) is 1.51. The summed E-state index contributed by atoms with van der Waals surface area (Å²) in [5, 5.41) is 1.03. The molecular formula is C17H12Cl2N2O2S. The number of anilines is 1. The van der Waals surface area contributed by atoms with Crippen LogP contribution < -0.4 is 4.90 Å². The molecule has 3 amide bonds. The number of benzene rings is 2. The molecule has 0 unspecified atom stereocenters. The first-order valence-electron chi connectivity index (χ1n) is 7.35. The van der Waals surface area contributed by atoms with Crippen molar-refractivity contribution in [3.63, 3.8) is 0 Å². The highest BCUT2D eigenvalue weighted by Gasteiger charge is 2.53. The van der Waals surface area contributed by atoms with Crippen LogP contribution in [0.2, 0.25) is 10.0 Å². The smallest absolute Gasteiger partial charge is 0.295 e. The third-order valence-corrected chi connectivity index (χ3v) is 5.99. The number of hydrogen-bond donors (Lipinski definition) is 0. The molecule has 0 radical (unpaired) electrons. The van der Waals surface area contributed by atoms with Crippen molar-refractivity contribution in [2.75, 3.05) is 10.7 Å². The van der Waals surface area contributed by atoms with Crippen LogP contribution in [0.25, 0.3) is 0 Å². The van der Waals surface area contributed by atoms with E-state index in [0.717, 1.165) is 5.56 Å². The van der Waals surface area contributed by atoms with Crippen molar-refractivity contribution in [1.29, 1.82) is 0 Å². The fourth-order valence-electron chi connectivity index (χ4n) is 3.00. The standard InChI is InChI=1S/C17H12Cl2N2O2S/c18-11-3-1-10(2-4-11)16-21-14(9-24-16)15(22)20(17(21)23)13-7-5-12(19)6-8-13/h1-8,14,16H,9H2/t14-,16+/m0/s1. The molecule has 2 aromatic rings. The van der Waals surface area contributed by atoms with E-state index in [4.69, 9.17) is 23.2 Å². The van der Waals surface area contributed by atoms with Gasteiger partial charge >= 0.3 is 6.03 Å². The summed E-state index contributed by atoms with van der Waals surface area (Å²) in [4.78, 5) is 28.5. The van der Waals surface area contributed by atoms with Crippen LogP contribution in [0.4, 0.5) is 10.5 Å². The average Bonchev–Trinajstić information content (AvgIpc) is 3.11. The van der Waals surface area contributed by atoms with Gasteiger partial charge in [0.15, 0.2) is 0 Å². The van der Waals surface area contributed by atoms with Crippen molar-refractivity contribution in [3.05, 3.63) is 64.1 Å². The summed E-state index contributed by atoms with van der Waals surface area (Å²) in [6, 6.07) is 13.4. The predicted octanol–water partition coefficient (Wildman–Crippen LogP) is 4.58. The average molecular weight is 379 g/mol. The Kier molecular flexibility index (Phi) is 3.95. The monoisotopic (exact) mass is 378 g/mol. The maximum atomic E-state index is 12.9. The van der Waals surface area contributed by atoms with Gasteiger partial charge in [0.1, 0.15) is 11.4 Å². The van der Waals surface area contributed by atoms with Gasteiger partial charge in [-0.2, -0.15) is 0 Å². The lowest BCUT2D eigenvalue weighted by molar-refractivity contribution is -0.119. The van der Waals surface area contributed by atoms with E-state index in [9.17, 15) is 9.59 Å². The fraction of sp³-hybridized carbons (Fsp3) is 0.176. The molecular weight excluding hydrogens is 367 g/mol. The molecule has 122 valence electrons. The van der Waals surface area contributed by atoms with Crippen LogP contribution in [0.3, 0.4) is 0 Å². The fourth-order valence-corrected chi connectivity index (χ4v) is 4.67.